The summed E-state index contributed by atoms with van der Waals surface area (Å²) in [5.74, 6) is 0.780. The molecule has 0 bridgehead atoms. The Morgan fingerprint density at radius 2 is 2.00 bits per heavy atom. The van der Waals surface area contributed by atoms with Gasteiger partial charge in [-0.3, -0.25) is 4.90 Å². The molecule has 114 valence electrons. The molecule has 2 atom stereocenters. The number of benzene rings is 1. The summed E-state index contributed by atoms with van der Waals surface area (Å²) in [4.78, 5) is 2.78. The van der Waals surface area contributed by atoms with Gasteiger partial charge in [-0.15, -0.1) is 0 Å². The molecule has 21 heavy (non-hydrogen) atoms. The molecule has 2 aliphatic carbocycles. The normalized spacial score (nSPS) is 31.7. The van der Waals surface area contributed by atoms with Gasteiger partial charge in [-0.25, -0.2) is 0 Å². The summed E-state index contributed by atoms with van der Waals surface area (Å²) >= 11 is 0. The lowest BCUT2D eigenvalue weighted by molar-refractivity contribution is 0.0565. The van der Waals surface area contributed by atoms with Gasteiger partial charge in [-0.2, -0.15) is 0 Å². The second kappa shape index (κ2) is 5.40. The van der Waals surface area contributed by atoms with E-state index in [0.717, 1.165) is 5.92 Å². The van der Waals surface area contributed by atoms with E-state index in [1.165, 1.54) is 58.2 Å². The summed E-state index contributed by atoms with van der Waals surface area (Å²) in [5.41, 5.74) is 3.63. The van der Waals surface area contributed by atoms with Crippen molar-refractivity contribution in [2.45, 2.75) is 62.9 Å². The van der Waals surface area contributed by atoms with E-state index < -0.39 is 0 Å². The maximum atomic E-state index is 3.90. The first-order valence-electron chi connectivity index (χ1n) is 8.83. The number of nitrogens with zero attached hydrogens (tertiary/aromatic N) is 1. The minimum atomic E-state index is 0.439. The molecule has 1 spiro atoms. The van der Waals surface area contributed by atoms with Crippen LogP contribution >= 0.6 is 0 Å². The van der Waals surface area contributed by atoms with E-state index in [1.807, 2.05) is 0 Å². The first-order chi connectivity index (χ1) is 10.3. The zero-order valence-corrected chi connectivity index (χ0v) is 13.3. The van der Waals surface area contributed by atoms with E-state index in [9.17, 15) is 0 Å². The van der Waals surface area contributed by atoms with Crippen molar-refractivity contribution in [1.29, 1.82) is 0 Å². The molecule has 1 aromatic rings. The number of nitrogens with one attached hydrogen (secondary N) is 1. The molecule has 3 aliphatic rings. The van der Waals surface area contributed by atoms with Gasteiger partial charge in [0.2, 0.25) is 0 Å². The van der Waals surface area contributed by atoms with E-state index >= 15 is 0 Å². The monoisotopic (exact) mass is 284 g/mol. The third-order valence-corrected chi connectivity index (χ3v) is 6.13. The Hall–Kier alpha value is -0.860. The molecule has 2 fully saturated rings. The number of fused-ring (bicyclic) bond motifs is 1. The topological polar surface area (TPSA) is 15.3 Å². The fourth-order valence-electron chi connectivity index (χ4n) is 4.71. The third kappa shape index (κ3) is 2.53. The Kier molecular flexibility index (Phi) is 3.55. The van der Waals surface area contributed by atoms with Gasteiger partial charge >= 0.3 is 0 Å². The van der Waals surface area contributed by atoms with Gasteiger partial charge in [0.25, 0.3) is 0 Å². The standard InChI is InChI=1S/C19H28N2/c1-15-12-20-19(9-5-2-6-10-19)14-21(15)13-17-11-16-7-3-4-8-18(16)17/h3-4,7-8,15,17,20H,2,5-6,9-14H2,1H3. The van der Waals surface area contributed by atoms with Crippen LogP contribution in [0, 0.1) is 0 Å². The lowest BCUT2D eigenvalue weighted by Crippen LogP contribution is -2.64. The largest absolute Gasteiger partial charge is 0.308 e. The van der Waals surface area contributed by atoms with E-state index in [-0.39, 0.29) is 0 Å². The summed E-state index contributed by atoms with van der Waals surface area (Å²) < 4.78 is 0. The molecule has 2 heteroatoms. The van der Waals surface area contributed by atoms with Gasteiger partial charge in [0.1, 0.15) is 0 Å². The zero-order chi connectivity index (χ0) is 14.3. The number of rotatable bonds is 2. The number of piperazine rings is 1. The average molecular weight is 284 g/mol. The first-order valence-corrected chi connectivity index (χ1v) is 8.83. The molecular formula is C19H28N2. The molecule has 1 saturated heterocycles. The van der Waals surface area contributed by atoms with Crippen LogP contribution in [-0.2, 0) is 6.42 Å². The lowest BCUT2D eigenvalue weighted by atomic mass is 9.75. The average Bonchev–Trinajstić information content (AvgIpc) is 2.49. The molecule has 0 aromatic heterocycles. The molecule has 1 aliphatic heterocycles. The first kappa shape index (κ1) is 13.8. The highest BCUT2D eigenvalue weighted by Crippen LogP contribution is 2.38. The van der Waals surface area contributed by atoms with Gasteiger partial charge in [0.15, 0.2) is 0 Å². The van der Waals surface area contributed by atoms with Crippen LogP contribution in [0.2, 0.25) is 0 Å². The lowest BCUT2D eigenvalue weighted by Gasteiger charge is -2.50. The van der Waals surface area contributed by atoms with Crippen molar-refractivity contribution < 1.29 is 0 Å². The smallest absolute Gasteiger partial charge is 0.0309 e. The van der Waals surface area contributed by atoms with Gasteiger partial charge in [-0.05, 0) is 37.3 Å². The molecule has 1 aromatic carbocycles. The van der Waals surface area contributed by atoms with Crippen LogP contribution in [-0.4, -0.2) is 36.1 Å². The molecule has 1 N–H and O–H groups in total. The van der Waals surface area contributed by atoms with Crippen LogP contribution in [0.4, 0.5) is 0 Å². The van der Waals surface area contributed by atoms with Gasteiger partial charge in [-0.1, -0.05) is 43.5 Å². The predicted molar refractivity (Wildman–Crippen MR) is 87.7 cm³/mol. The van der Waals surface area contributed by atoms with Crippen LogP contribution < -0.4 is 5.32 Å². The molecular weight excluding hydrogens is 256 g/mol. The zero-order valence-electron chi connectivity index (χ0n) is 13.3. The van der Waals surface area contributed by atoms with Gasteiger partial charge in [0, 0.05) is 37.1 Å². The Bertz CT molecular complexity index is 504. The van der Waals surface area contributed by atoms with Gasteiger partial charge in [0.05, 0.1) is 0 Å². The summed E-state index contributed by atoms with van der Waals surface area (Å²) in [6.07, 6.45) is 8.34. The van der Waals surface area contributed by atoms with E-state index in [2.05, 4.69) is 41.4 Å². The number of hydrogen-bond donors (Lipinski definition) is 1. The maximum Gasteiger partial charge on any atom is 0.0309 e. The Labute approximate surface area is 128 Å². The predicted octanol–water partition coefficient (Wildman–Crippen LogP) is 3.32. The number of hydrogen-bond acceptors (Lipinski definition) is 2. The fraction of sp³-hybridized carbons (Fsp3) is 0.684. The Morgan fingerprint density at radius 3 is 2.81 bits per heavy atom. The van der Waals surface area contributed by atoms with Crippen LogP contribution in [0.15, 0.2) is 24.3 Å². The van der Waals surface area contributed by atoms with E-state index in [4.69, 9.17) is 0 Å². The van der Waals surface area contributed by atoms with Crippen LogP contribution in [0.5, 0.6) is 0 Å². The van der Waals surface area contributed by atoms with Gasteiger partial charge < -0.3 is 5.32 Å². The second-order valence-corrected chi connectivity index (χ2v) is 7.60. The summed E-state index contributed by atoms with van der Waals surface area (Å²) in [7, 11) is 0. The highest BCUT2D eigenvalue weighted by atomic mass is 15.3. The quantitative estimate of drug-likeness (QED) is 0.896. The van der Waals surface area contributed by atoms with Crippen molar-refractivity contribution >= 4 is 0 Å². The van der Waals surface area contributed by atoms with E-state index in [1.54, 1.807) is 11.1 Å². The molecule has 2 nitrogen and oxygen atoms in total. The second-order valence-electron chi connectivity index (χ2n) is 7.60. The van der Waals surface area contributed by atoms with Crippen molar-refractivity contribution in [2.75, 3.05) is 19.6 Å². The summed E-state index contributed by atoms with van der Waals surface area (Å²) in [5, 5.41) is 3.90. The van der Waals surface area contributed by atoms with E-state index in [0.29, 0.717) is 11.6 Å². The molecule has 0 radical (unpaired) electrons. The van der Waals surface area contributed by atoms with Crippen molar-refractivity contribution in [2.24, 2.45) is 0 Å². The summed E-state index contributed by atoms with van der Waals surface area (Å²) in [6, 6.07) is 9.71. The summed E-state index contributed by atoms with van der Waals surface area (Å²) in [6.45, 7) is 6.11. The minimum Gasteiger partial charge on any atom is -0.308 e. The van der Waals surface area contributed by atoms with Crippen molar-refractivity contribution in [3.05, 3.63) is 35.4 Å². The third-order valence-electron chi connectivity index (χ3n) is 6.13. The maximum absolute atomic E-state index is 3.90. The molecule has 0 amide bonds. The van der Waals surface area contributed by atoms with Crippen molar-refractivity contribution in [3.8, 4) is 0 Å². The molecule has 2 unspecified atom stereocenters. The minimum absolute atomic E-state index is 0.439. The van der Waals surface area contributed by atoms with Crippen LogP contribution in [0.25, 0.3) is 0 Å². The Balaban J connectivity index is 1.44. The van der Waals surface area contributed by atoms with Crippen LogP contribution in [0.3, 0.4) is 0 Å². The van der Waals surface area contributed by atoms with Crippen molar-refractivity contribution in [1.82, 2.24) is 10.2 Å². The highest BCUT2D eigenvalue weighted by Gasteiger charge is 2.40. The fourth-order valence-corrected chi connectivity index (χ4v) is 4.71. The molecule has 1 saturated carbocycles. The highest BCUT2D eigenvalue weighted by molar-refractivity contribution is 5.40. The van der Waals surface area contributed by atoms with Crippen molar-refractivity contribution in [3.63, 3.8) is 0 Å². The Morgan fingerprint density at radius 1 is 1.19 bits per heavy atom. The molecule has 4 rings (SSSR count). The van der Waals surface area contributed by atoms with Crippen LogP contribution in [0.1, 0.15) is 56.1 Å². The SMILES string of the molecule is CC1CNC2(CCCCC2)CN1CC1Cc2ccccc21. The molecule has 1 heterocycles.